The maximum Gasteiger partial charge on any atom is 0.257 e. The van der Waals surface area contributed by atoms with Crippen molar-refractivity contribution in [2.24, 2.45) is 5.92 Å². The number of carbonyl (C=O) groups excluding carboxylic acids is 1. The Bertz CT molecular complexity index is 1030. The minimum absolute atomic E-state index is 0.145. The number of rotatable bonds is 7. The molecule has 1 heterocycles. The third-order valence-electron chi connectivity index (χ3n) is 4.89. The van der Waals surface area contributed by atoms with Crippen LogP contribution in [0.3, 0.4) is 0 Å². The zero-order valence-electron chi connectivity index (χ0n) is 16.8. The van der Waals surface area contributed by atoms with Crippen LogP contribution in [0.4, 0.5) is 13.2 Å². The molecule has 1 aromatic heterocycles. The smallest absolute Gasteiger partial charge is 0.257 e. The molecule has 0 radical (unpaired) electrons. The lowest BCUT2D eigenvalue weighted by molar-refractivity contribution is 0.0724. The van der Waals surface area contributed by atoms with E-state index in [2.05, 4.69) is 4.98 Å². The molecule has 0 spiro atoms. The third kappa shape index (κ3) is 4.44. The van der Waals surface area contributed by atoms with E-state index in [4.69, 9.17) is 0 Å². The fourth-order valence-corrected chi connectivity index (χ4v) is 3.29. The first-order chi connectivity index (χ1) is 13.8. The van der Waals surface area contributed by atoms with E-state index in [-0.39, 0.29) is 6.54 Å². The lowest BCUT2D eigenvalue weighted by Crippen LogP contribution is -2.34. The lowest BCUT2D eigenvalue weighted by Gasteiger charge is -2.24. The average molecular weight is 403 g/mol. The highest BCUT2D eigenvalue weighted by Crippen LogP contribution is 2.21. The number of hydrogen-bond donors (Lipinski definition) is 0. The molecule has 3 aromatic rings. The molecule has 0 aliphatic heterocycles. The molecule has 0 saturated heterocycles. The number of aromatic nitrogens is 2. The Hall–Kier alpha value is -2.83. The highest BCUT2D eigenvalue weighted by molar-refractivity contribution is 5.94. The Morgan fingerprint density at radius 2 is 1.79 bits per heavy atom. The summed E-state index contributed by atoms with van der Waals surface area (Å²) in [7, 11) is 0. The Morgan fingerprint density at radius 1 is 1.10 bits per heavy atom. The minimum Gasteiger partial charge on any atom is -0.331 e. The molecule has 0 bridgehead atoms. The molecule has 29 heavy (non-hydrogen) atoms. The largest absolute Gasteiger partial charge is 0.331 e. The van der Waals surface area contributed by atoms with Crippen LogP contribution in [0, 0.1) is 23.4 Å². The van der Waals surface area contributed by atoms with Crippen molar-refractivity contribution in [2.45, 2.75) is 40.3 Å². The van der Waals surface area contributed by atoms with E-state index >= 15 is 0 Å². The second-order valence-electron chi connectivity index (χ2n) is 7.42. The lowest BCUT2D eigenvalue weighted by atomic mass is 10.1. The van der Waals surface area contributed by atoms with Gasteiger partial charge in [-0.05, 0) is 37.5 Å². The molecule has 0 aliphatic carbocycles. The van der Waals surface area contributed by atoms with Crippen molar-refractivity contribution in [3.8, 4) is 0 Å². The van der Waals surface area contributed by atoms with Gasteiger partial charge >= 0.3 is 0 Å². The minimum atomic E-state index is -1.32. The molecule has 0 N–H and O–H groups in total. The van der Waals surface area contributed by atoms with Crippen molar-refractivity contribution in [1.82, 2.24) is 14.5 Å². The number of hydrogen-bond acceptors (Lipinski definition) is 2. The number of para-hydroxylation sites is 2. The summed E-state index contributed by atoms with van der Waals surface area (Å²) in [5.41, 5.74) is 1.27. The van der Waals surface area contributed by atoms with Crippen molar-refractivity contribution in [1.29, 1.82) is 0 Å². The van der Waals surface area contributed by atoms with E-state index in [1.54, 1.807) is 0 Å². The summed E-state index contributed by atoms with van der Waals surface area (Å²) in [6, 6.07) is 8.67. The topological polar surface area (TPSA) is 38.1 Å². The number of amides is 1. The molecule has 0 aliphatic rings. The van der Waals surface area contributed by atoms with Gasteiger partial charge in [0, 0.05) is 19.2 Å². The van der Waals surface area contributed by atoms with Crippen molar-refractivity contribution >= 4 is 16.9 Å². The fraction of sp³-hybridized carbons (Fsp3) is 0.364. The predicted molar refractivity (Wildman–Crippen MR) is 106 cm³/mol. The second kappa shape index (κ2) is 8.68. The normalized spacial score (nSPS) is 11.4. The summed E-state index contributed by atoms with van der Waals surface area (Å²) in [6.45, 7) is 7.16. The summed E-state index contributed by atoms with van der Waals surface area (Å²) < 4.78 is 43.2. The Balaban J connectivity index is 1.98. The first-order valence-corrected chi connectivity index (χ1v) is 9.69. The van der Waals surface area contributed by atoms with Crippen LogP contribution in [-0.4, -0.2) is 26.9 Å². The number of aryl methyl sites for hydroxylation is 1. The molecule has 0 atom stereocenters. The summed E-state index contributed by atoms with van der Waals surface area (Å²) in [5, 5.41) is 0. The van der Waals surface area contributed by atoms with Crippen LogP contribution in [0.15, 0.2) is 36.4 Å². The monoisotopic (exact) mass is 403 g/mol. The van der Waals surface area contributed by atoms with Gasteiger partial charge in [0.05, 0.1) is 23.1 Å². The van der Waals surface area contributed by atoms with E-state index in [1.807, 2.05) is 49.6 Å². The van der Waals surface area contributed by atoms with Gasteiger partial charge in [0.2, 0.25) is 0 Å². The molecule has 0 unspecified atom stereocenters. The zero-order valence-corrected chi connectivity index (χ0v) is 16.8. The fourth-order valence-electron chi connectivity index (χ4n) is 3.29. The van der Waals surface area contributed by atoms with Crippen LogP contribution >= 0.6 is 0 Å². The number of halogens is 3. The predicted octanol–water partition coefficient (Wildman–Crippen LogP) is 5.16. The Labute approximate surface area is 168 Å². The maximum absolute atomic E-state index is 14.2. The summed E-state index contributed by atoms with van der Waals surface area (Å²) in [4.78, 5) is 19.1. The Morgan fingerprint density at radius 3 is 2.48 bits per heavy atom. The molecule has 154 valence electrons. The molecule has 0 saturated carbocycles. The molecule has 7 heteroatoms. The molecule has 3 rings (SSSR count). The summed E-state index contributed by atoms with van der Waals surface area (Å²) >= 11 is 0. The number of imidazole rings is 1. The van der Waals surface area contributed by atoms with E-state index in [9.17, 15) is 18.0 Å². The number of carbonyl (C=O) groups is 1. The summed E-state index contributed by atoms with van der Waals surface area (Å²) in [6.07, 6.45) is 0.684. The highest BCUT2D eigenvalue weighted by atomic mass is 19.2. The highest BCUT2D eigenvalue weighted by Gasteiger charge is 2.24. The number of benzene rings is 2. The van der Waals surface area contributed by atoms with Crippen molar-refractivity contribution in [2.75, 3.05) is 6.54 Å². The SMILES string of the molecule is CCn1c(CN(CCC(C)C)C(=O)c2cc(F)c(F)cc2F)nc2ccccc21. The average Bonchev–Trinajstić information content (AvgIpc) is 3.04. The molecular weight excluding hydrogens is 379 g/mol. The first kappa shape index (κ1) is 20.9. The molecule has 0 fully saturated rings. The third-order valence-corrected chi connectivity index (χ3v) is 4.89. The van der Waals surface area contributed by atoms with Gasteiger partial charge in [-0.3, -0.25) is 4.79 Å². The van der Waals surface area contributed by atoms with Crippen LogP contribution in [0.25, 0.3) is 11.0 Å². The van der Waals surface area contributed by atoms with Crippen LogP contribution in [0.2, 0.25) is 0 Å². The van der Waals surface area contributed by atoms with Gasteiger partial charge in [-0.15, -0.1) is 0 Å². The van der Waals surface area contributed by atoms with Crippen LogP contribution in [-0.2, 0) is 13.1 Å². The Kier molecular flexibility index (Phi) is 6.25. The molecule has 1 amide bonds. The molecular formula is C22H24F3N3O. The molecule has 2 aromatic carbocycles. The molecule has 4 nitrogen and oxygen atoms in total. The van der Waals surface area contributed by atoms with Gasteiger partial charge in [-0.1, -0.05) is 26.0 Å². The van der Waals surface area contributed by atoms with E-state index < -0.39 is 28.9 Å². The van der Waals surface area contributed by atoms with Gasteiger partial charge in [0.25, 0.3) is 5.91 Å². The van der Waals surface area contributed by atoms with Gasteiger partial charge in [-0.2, -0.15) is 0 Å². The van der Waals surface area contributed by atoms with Crippen molar-refractivity contribution in [3.63, 3.8) is 0 Å². The van der Waals surface area contributed by atoms with Gasteiger partial charge in [-0.25, -0.2) is 18.2 Å². The van der Waals surface area contributed by atoms with E-state index in [0.717, 1.165) is 11.0 Å². The van der Waals surface area contributed by atoms with Gasteiger partial charge < -0.3 is 9.47 Å². The van der Waals surface area contributed by atoms with Gasteiger partial charge in [0.15, 0.2) is 11.6 Å². The van der Waals surface area contributed by atoms with Gasteiger partial charge in [0.1, 0.15) is 11.6 Å². The van der Waals surface area contributed by atoms with E-state index in [1.165, 1.54) is 4.90 Å². The zero-order chi connectivity index (χ0) is 21.1. The number of fused-ring (bicyclic) bond motifs is 1. The standard InChI is InChI=1S/C22H24F3N3O/c1-4-28-20-8-6-5-7-19(20)26-21(28)13-27(10-9-14(2)3)22(29)15-11-17(24)18(25)12-16(15)23/h5-8,11-12,14H,4,9-10,13H2,1-3H3. The van der Waals surface area contributed by atoms with E-state index in [0.29, 0.717) is 43.4 Å². The second-order valence-corrected chi connectivity index (χ2v) is 7.42. The van der Waals surface area contributed by atoms with Crippen molar-refractivity contribution < 1.29 is 18.0 Å². The first-order valence-electron chi connectivity index (χ1n) is 9.69. The van der Waals surface area contributed by atoms with Crippen LogP contribution in [0.5, 0.6) is 0 Å². The van der Waals surface area contributed by atoms with Crippen LogP contribution < -0.4 is 0 Å². The maximum atomic E-state index is 14.2. The van der Waals surface area contributed by atoms with Crippen molar-refractivity contribution in [3.05, 3.63) is 65.2 Å². The summed E-state index contributed by atoms with van der Waals surface area (Å²) in [5.74, 6) is -3.36. The number of nitrogens with zero attached hydrogens (tertiary/aromatic N) is 3. The van der Waals surface area contributed by atoms with Crippen LogP contribution in [0.1, 0.15) is 43.4 Å². The quantitative estimate of drug-likeness (QED) is 0.511.